The number of benzene rings is 1. The molecule has 1 aliphatic rings. The molecule has 2 aromatic rings. The first kappa shape index (κ1) is 5.67. The van der Waals surface area contributed by atoms with Crippen molar-refractivity contribution in [3.05, 3.63) is 48.2 Å². The molecule has 4 heteroatoms. The maximum atomic E-state index is 10.2. The lowest BCUT2D eigenvalue weighted by Crippen LogP contribution is -2.36. The van der Waals surface area contributed by atoms with Crippen LogP contribution in [0.15, 0.2) is 42.6 Å². The summed E-state index contributed by atoms with van der Waals surface area (Å²) in [4.78, 5) is 0.227. The Bertz CT molecular complexity index is 837. The van der Waals surface area contributed by atoms with E-state index in [-0.39, 0.29) is 17.3 Å². The number of anilines is 1. The lowest BCUT2D eigenvalue weighted by molar-refractivity contribution is 0.145. The minimum absolute atomic E-state index is 0.227. The molecule has 19 heavy (non-hydrogen) atoms. The highest BCUT2D eigenvalue weighted by atomic mass is 16.3. The standard InChI is InChI=1S/C15H19N3O/c19-14-6-9-17(10-7-14)15-8-11-18(16-15)12-13-4-2-1-3-5-13/h1-5,8,11,14,19H,6-7,9-10,12H2/i6D2,7D2,9D2,10D2,14D. The number of aromatic nitrogens is 2. The van der Waals surface area contributed by atoms with Crippen molar-refractivity contribution in [3.63, 3.8) is 0 Å². The van der Waals surface area contributed by atoms with Crippen molar-refractivity contribution in [1.82, 2.24) is 9.78 Å². The molecule has 0 amide bonds. The second kappa shape index (κ2) is 5.45. The smallest absolute Gasteiger partial charge is 0.150 e. The molecule has 0 spiro atoms. The number of piperidine rings is 1. The van der Waals surface area contributed by atoms with Crippen molar-refractivity contribution in [3.8, 4) is 0 Å². The van der Waals surface area contributed by atoms with Gasteiger partial charge in [0.25, 0.3) is 0 Å². The Hall–Kier alpha value is -1.81. The van der Waals surface area contributed by atoms with Crippen LogP contribution in [0.25, 0.3) is 0 Å². The van der Waals surface area contributed by atoms with Crippen LogP contribution in [0.5, 0.6) is 0 Å². The average Bonchev–Trinajstić information content (AvgIpc) is 3.01. The Morgan fingerprint density at radius 2 is 2.00 bits per heavy atom. The van der Waals surface area contributed by atoms with Crippen LogP contribution in [0, 0.1) is 0 Å². The van der Waals surface area contributed by atoms with Gasteiger partial charge in [-0.1, -0.05) is 30.3 Å². The Kier molecular flexibility index (Phi) is 1.63. The maximum Gasteiger partial charge on any atom is 0.150 e. The highest BCUT2D eigenvalue weighted by Crippen LogP contribution is 2.18. The van der Waals surface area contributed by atoms with Gasteiger partial charge in [-0.25, -0.2) is 0 Å². The first-order valence-electron chi connectivity index (χ1n) is 10.3. The van der Waals surface area contributed by atoms with Crippen LogP contribution >= 0.6 is 0 Å². The van der Waals surface area contributed by atoms with Gasteiger partial charge in [0.05, 0.1) is 14.0 Å². The molecule has 3 rings (SSSR count). The van der Waals surface area contributed by atoms with Crippen LogP contribution in [0.4, 0.5) is 5.82 Å². The van der Waals surface area contributed by atoms with Crippen LogP contribution < -0.4 is 4.90 Å². The van der Waals surface area contributed by atoms with E-state index in [0.29, 0.717) is 0 Å². The van der Waals surface area contributed by atoms with Crippen molar-refractivity contribution in [2.24, 2.45) is 0 Å². The highest BCUT2D eigenvalue weighted by molar-refractivity contribution is 5.37. The van der Waals surface area contributed by atoms with E-state index >= 15 is 0 Å². The summed E-state index contributed by atoms with van der Waals surface area (Å²) in [5.74, 6) is -0.353. The third-order valence-electron chi connectivity index (χ3n) is 2.62. The van der Waals surface area contributed by atoms with Crippen molar-refractivity contribution in [2.75, 3.05) is 17.9 Å². The van der Waals surface area contributed by atoms with Crippen LogP contribution in [-0.4, -0.2) is 34.0 Å². The van der Waals surface area contributed by atoms with Gasteiger partial charge >= 0.3 is 0 Å². The minimum atomic E-state index is -3.68. The first-order chi connectivity index (χ1) is 12.7. The molecular weight excluding hydrogens is 238 g/mol. The van der Waals surface area contributed by atoms with E-state index < -0.39 is 31.8 Å². The lowest BCUT2D eigenvalue weighted by Gasteiger charge is -2.29. The van der Waals surface area contributed by atoms with E-state index in [2.05, 4.69) is 5.10 Å². The quantitative estimate of drug-likeness (QED) is 0.922. The number of hydrogen-bond acceptors (Lipinski definition) is 3. The van der Waals surface area contributed by atoms with Gasteiger partial charge in [0, 0.05) is 36.2 Å². The van der Waals surface area contributed by atoms with Crippen LogP contribution in [0.1, 0.15) is 30.6 Å². The number of aliphatic hydroxyl groups is 1. The van der Waals surface area contributed by atoms with E-state index in [0.717, 1.165) is 5.56 Å². The van der Waals surface area contributed by atoms with Gasteiger partial charge in [0.15, 0.2) is 5.82 Å². The number of hydrogen-bond donors (Lipinski definition) is 1. The molecule has 0 bridgehead atoms. The summed E-state index contributed by atoms with van der Waals surface area (Å²) in [7, 11) is 0. The van der Waals surface area contributed by atoms with Gasteiger partial charge < -0.3 is 10.0 Å². The zero-order valence-corrected chi connectivity index (χ0v) is 10.0. The van der Waals surface area contributed by atoms with Gasteiger partial charge in [-0.3, -0.25) is 4.68 Å². The molecular formula is C15H19N3O. The van der Waals surface area contributed by atoms with Crippen LogP contribution in [0.2, 0.25) is 0 Å². The third kappa shape index (κ3) is 2.96. The molecule has 4 nitrogen and oxygen atoms in total. The second-order valence-corrected chi connectivity index (χ2v) is 4.01. The second-order valence-electron chi connectivity index (χ2n) is 4.01. The van der Waals surface area contributed by atoms with Crippen molar-refractivity contribution in [1.29, 1.82) is 0 Å². The predicted octanol–water partition coefficient (Wildman–Crippen LogP) is 1.89. The first-order valence-corrected chi connectivity index (χ1v) is 5.78. The largest absolute Gasteiger partial charge is 0.393 e. The topological polar surface area (TPSA) is 41.3 Å². The van der Waals surface area contributed by atoms with Crippen LogP contribution in [-0.2, 0) is 6.54 Å². The summed E-state index contributed by atoms with van der Waals surface area (Å²) < 4.78 is 73.2. The molecule has 1 aliphatic heterocycles. The molecule has 1 N–H and O–H groups in total. The molecule has 2 heterocycles. The van der Waals surface area contributed by atoms with E-state index in [1.54, 1.807) is 0 Å². The molecule has 0 atom stereocenters. The van der Waals surface area contributed by atoms with E-state index in [9.17, 15) is 5.11 Å². The van der Waals surface area contributed by atoms with Gasteiger partial charge in [-0.2, -0.15) is 5.10 Å². The van der Waals surface area contributed by atoms with Gasteiger partial charge in [-0.05, 0) is 18.3 Å². The summed E-state index contributed by atoms with van der Waals surface area (Å²) in [6, 6.07) is 10.4. The summed E-state index contributed by atoms with van der Waals surface area (Å²) in [5, 5.41) is 14.2. The van der Waals surface area contributed by atoms with Gasteiger partial charge in [0.2, 0.25) is 0 Å². The zero-order chi connectivity index (χ0) is 21.2. The monoisotopic (exact) mass is 266 g/mol. The molecule has 1 aromatic heterocycles. The average molecular weight is 266 g/mol. The van der Waals surface area contributed by atoms with E-state index in [4.69, 9.17) is 12.3 Å². The molecule has 0 aliphatic carbocycles. The highest BCUT2D eigenvalue weighted by Gasteiger charge is 2.18. The fourth-order valence-electron chi connectivity index (χ4n) is 1.72. The zero-order valence-electron chi connectivity index (χ0n) is 19.0. The Balaban J connectivity index is 2.07. The van der Waals surface area contributed by atoms with Crippen molar-refractivity contribution >= 4 is 5.82 Å². The Labute approximate surface area is 125 Å². The fourth-order valence-corrected chi connectivity index (χ4v) is 1.72. The summed E-state index contributed by atoms with van der Waals surface area (Å²) in [6.07, 6.45) is -9.20. The van der Waals surface area contributed by atoms with Crippen molar-refractivity contribution in [2.45, 2.75) is 25.4 Å². The molecule has 1 aromatic carbocycles. The summed E-state index contributed by atoms with van der Waals surface area (Å²) in [5.41, 5.74) is 0.869. The molecule has 100 valence electrons. The minimum Gasteiger partial charge on any atom is -0.393 e. The molecule has 0 unspecified atom stereocenters. The fraction of sp³-hybridized carbons (Fsp3) is 0.400. The molecule has 0 radical (unpaired) electrons. The van der Waals surface area contributed by atoms with Gasteiger partial charge in [-0.15, -0.1) is 0 Å². The predicted molar refractivity (Wildman–Crippen MR) is 75.2 cm³/mol. The van der Waals surface area contributed by atoms with E-state index in [1.807, 2.05) is 30.3 Å². The summed E-state index contributed by atoms with van der Waals surface area (Å²) in [6.45, 7) is -6.27. The van der Waals surface area contributed by atoms with Crippen LogP contribution in [0.3, 0.4) is 0 Å². The SMILES string of the molecule is [2H]C1([2H])N(c2ccn(Cc3ccccc3)n2)C([2H])([2H])C([2H])([2H])C([2H])(O)C1([2H])[2H]. The lowest BCUT2D eigenvalue weighted by atomic mass is 10.1. The number of nitrogens with zero attached hydrogens (tertiary/aromatic N) is 3. The Morgan fingerprint density at radius 1 is 1.26 bits per heavy atom. The molecule has 0 saturated carbocycles. The normalized spacial score (nSPS) is 36.1. The van der Waals surface area contributed by atoms with E-state index in [1.165, 1.54) is 16.9 Å². The summed E-state index contributed by atoms with van der Waals surface area (Å²) >= 11 is 0. The molecule has 1 fully saturated rings. The van der Waals surface area contributed by atoms with Gasteiger partial charge in [0.1, 0.15) is 0 Å². The third-order valence-corrected chi connectivity index (χ3v) is 2.62. The Morgan fingerprint density at radius 3 is 2.74 bits per heavy atom. The number of rotatable bonds is 3. The molecule has 1 saturated heterocycles. The maximum absolute atomic E-state index is 10.2. The van der Waals surface area contributed by atoms with Crippen molar-refractivity contribution < 1.29 is 17.4 Å².